The van der Waals surface area contributed by atoms with Gasteiger partial charge >= 0.3 is 5.97 Å². The molecule has 0 atom stereocenters. The van der Waals surface area contributed by atoms with Gasteiger partial charge in [0, 0.05) is 6.08 Å². The smallest absolute Gasteiger partial charge is 0.330 e. The van der Waals surface area contributed by atoms with Gasteiger partial charge in [0.25, 0.3) is 0 Å². The summed E-state index contributed by atoms with van der Waals surface area (Å²) >= 11 is 0. The van der Waals surface area contributed by atoms with E-state index in [2.05, 4.69) is 43.8 Å². The van der Waals surface area contributed by atoms with Gasteiger partial charge in [-0.15, -0.1) is 0 Å². The number of carbonyl (C=O) groups is 1. The van der Waals surface area contributed by atoms with Crippen LogP contribution in [0.2, 0.25) is 0 Å². The molecule has 0 N–H and O–H groups in total. The van der Waals surface area contributed by atoms with E-state index >= 15 is 0 Å². The van der Waals surface area contributed by atoms with E-state index in [1.165, 1.54) is 28.0 Å². The molecule has 102 valence electrons. The van der Waals surface area contributed by atoms with Crippen LogP contribution in [0.25, 0.3) is 16.8 Å². The lowest BCUT2D eigenvalue weighted by molar-refractivity contribution is -0.137. The quantitative estimate of drug-likeness (QED) is 0.458. The first-order chi connectivity index (χ1) is 9.72. The number of rotatable bonds is 5. The minimum Gasteiger partial charge on any atom is -0.462 e. The Kier molecular flexibility index (Phi) is 4.72. The number of ether oxygens (including phenoxy) is 1. The SMILES string of the molecule is C=CC(=O)OCCC=Cc1c(C)ccc2ccccc12. The number of fused-ring (bicyclic) bond motifs is 1. The van der Waals surface area contributed by atoms with E-state index in [4.69, 9.17) is 4.74 Å². The van der Waals surface area contributed by atoms with Gasteiger partial charge in [-0.2, -0.15) is 0 Å². The number of aryl methyl sites for hydroxylation is 1. The predicted octanol–water partition coefficient (Wildman–Crippen LogP) is 4.28. The Balaban J connectivity index is 2.11. The molecule has 2 aromatic carbocycles. The van der Waals surface area contributed by atoms with Gasteiger partial charge in [-0.05, 0) is 35.2 Å². The molecule has 0 heterocycles. The molecule has 2 nitrogen and oxygen atoms in total. The molecule has 0 fully saturated rings. The second-order valence-electron chi connectivity index (χ2n) is 4.58. The molecule has 0 bridgehead atoms. The van der Waals surface area contributed by atoms with E-state index in [0.29, 0.717) is 13.0 Å². The molecule has 0 spiro atoms. The summed E-state index contributed by atoms with van der Waals surface area (Å²) in [7, 11) is 0. The zero-order valence-corrected chi connectivity index (χ0v) is 11.6. The van der Waals surface area contributed by atoms with Crippen molar-refractivity contribution in [3.63, 3.8) is 0 Å². The first-order valence-corrected chi connectivity index (χ1v) is 6.66. The Bertz CT molecular complexity index is 654. The second-order valence-corrected chi connectivity index (χ2v) is 4.58. The van der Waals surface area contributed by atoms with Crippen LogP contribution < -0.4 is 0 Å². The Morgan fingerprint density at radius 2 is 2.05 bits per heavy atom. The molecule has 0 amide bonds. The Morgan fingerprint density at radius 1 is 1.25 bits per heavy atom. The fraction of sp³-hybridized carbons (Fsp3) is 0.167. The van der Waals surface area contributed by atoms with Gasteiger partial charge in [0.05, 0.1) is 6.61 Å². The van der Waals surface area contributed by atoms with E-state index in [1.807, 2.05) is 18.2 Å². The van der Waals surface area contributed by atoms with Crippen molar-refractivity contribution in [1.82, 2.24) is 0 Å². The lowest BCUT2D eigenvalue weighted by atomic mass is 9.99. The Labute approximate surface area is 119 Å². The summed E-state index contributed by atoms with van der Waals surface area (Å²) in [5, 5.41) is 2.47. The highest BCUT2D eigenvalue weighted by molar-refractivity contribution is 5.91. The van der Waals surface area contributed by atoms with Crippen molar-refractivity contribution in [1.29, 1.82) is 0 Å². The van der Waals surface area contributed by atoms with E-state index in [9.17, 15) is 4.79 Å². The van der Waals surface area contributed by atoms with Gasteiger partial charge in [-0.1, -0.05) is 55.1 Å². The molecule has 0 radical (unpaired) electrons. The van der Waals surface area contributed by atoms with E-state index in [0.717, 1.165) is 0 Å². The minimum atomic E-state index is -0.375. The van der Waals surface area contributed by atoms with Crippen molar-refractivity contribution in [2.75, 3.05) is 6.61 Å². The maximum atomic E-state index is 10.9. The van der Waals surface area contributed by atoms with Crippen molar-refractivity contribution in [3.8, 4) is 0 Å². The molecule has 0 aliphatic carbocycles. The lowest BCUT2D eigenvalue weighted by Gasteiger charge is -2.06. The average molecular weight is 266 g/mol. The van der Waals surface area contributed by atoms with Crippen LogP contribution in [0.4, 0.5) is 0 Å². The van der Waals surface area contributed by atoms with Gasteiger partial charge in [0.2, 0.25) is 0 Å². The normalized spacial score (nSPS) is 10.8. The van der Waals surface area contributed by atoms with Crippen LogP contribution >= 0.6 is 0 Å². The topological polar surface area (TPSA) is 26.3 Å². The van der Waals surface area contributed by atoms with Crippen LogP contribution in [-0.4, -0.2) is 12.6 Å². The molecule has 20 heavy (non-hydrogen) atoms. The number of hydrogen-bond acceptors (Lipinski definition) is 2. The van der Waals surface area contributed by atoms with Crippen LogP contribution in [0.15, 0.2) is 55.1 Å². The third-order valence-electron chi connectivity index (χ3n) is 3.17. The number of esters is 1. The monoisotopic (exact) mass is 266 g/mol. The Morgan fingerprint density at radius 3 is 2.85 bits per heavy atom. The van der Waals surface area contributed by atoms with E-state index < -0.39 is 0 Å². The average Bonchev–Trinajstić information content (AvgIpc) is 2.48. The van der Waals surface area contributed by atoms with Crippen molar-refractivity contribution >= 4 is 22.8 Å². The summed E-state index contributed by atoms with van der Waals surface area (Å²) in [6, 6.07) is 12.6. The zero-order chi connectivity index (χ0) is 14.4. The molecular formula is C18H18O2. The highest BCUT2D eigenvalue weighted by atomic mass is 16.5. The standard InChI is InChI=1S/C18H18O2/c1-3-18(19)20-13-7-6-9-16-14(2)11-12-15-8-4-5-10-17(15)16/h3-6,8-12H,1,7,13H2,2H3. The van der Waals surface area contributed by atoms with Crippen LogP contribution in [0.3, 0.4) is 0 Å². The highest BCUT2D eigenvalue weighted by Gasteiger charge is 2.00. The van der Waals surface area contributed by atoms with Crippen LogP contribution in [0, 0.1) is 6.92 Å². The third-order valence-corrected chi connectivity index (χ3v) is 3.17. The highest BCUT2D eigenvalue weighted by Crippen LogP contribution is 2.23. The molecule has 0 saturated carbocycles. The number of carbonyl (C=O) groups excluding carboxylic acids is 1. The molecular weight excluding hydrogens is 248 g/mol. The summed E-state index contributed by atoms with van der Waals surface area (Å²) < 4.78 is 4.94. The fourth-order valence-corrected chi connectivity index (χ4v) is 2.11. The third kappa shape index (κ3) is 3.35. The summed E-state index contributed by atoms with van der Waals surface area (Å²) in [5.74, 6) is -0.375. The summed E-state index contributed by atoms with van der Waals surface area (Å²) in [5.41, 5.74) is 2.46. The molecule has 0 saturated heterocycles. The maximum Gasteiger partial charge on any atom is 0.330 e. The zero-order valence-electron chi connectivity index (χ0n) is 11.6. The van der Waals surface area contributed by atoms with Crippen LogP contribution in [-0.2, 0) is 9.53 Å². The van der Waals surface area contributed by atoms with Crippen molar-refractivity contribution in [2.45, 2.75) is 13.3 Å². The lowest BCUT2D eigenvalue weighted by Crippen LogP contribution is -2.00. The van der Waals surface area contributed by atoms with Crippen molar-refractivity contribution in [3.05, 3.63) is 66.3 Å². The van der Waals surface area contributed by atoms with Gasteiger partial charge in [0.1, 0.15) is 0 Å². The first-order valence-electron chi connectivity index (χ1n) is 6.66. The first kappa shape index (κ1) is 14.1. The van der Waals surface area contributed by atoms with Gasteiger partial charge < -0.3 is 4.74 Å². The molecule has 0 aromatic heterocycles. The van der Waals surface area contributed by atoms with Gasteiger partial charge in [0.15, 0.2) is 0 Å². The molecule has 2 aromatic rings. The van der Waals surface area contributed by atoms with Crippen molar-refractivity contribution < 1.29 is 9.53 Å². The van der Waals surface area contributed by atoms with Crippen molar-refractivity contribution in [2.24, 2.45) is 0 Å². The maximum absolute atomic E-state index is 10.9. The minimum absolute atomic E-state index is 0.375. The van der Waals surface area contributed by atoms with E-state index in [-0.39, 0.29) is 5.97 Å². The molecule has 0 unspecified atom stereocenters. The largest absolute Gasteiger partial charge is 0.462 e. The van der Waals surface area contributed by atoms with Gasteiger partial charge in [-0.25, -0.2) is 4.79 Å². The summed E-state index contributed by atoms with van der Waals surface area (Å²) in [4.78, 5) is 10.9. The van der Waals surface area contributed by atoms with Crippen LogP contribution in [0.5, 0.6) is 0 Å². The predicted molar refractivity (Wildman–Crippen MR) is 83.5 cm³/mol. The molecule has 2 rings (SSSR count). The molecule has 2 heteroatoms. The fourth-order valence-electron chi connectivity index (χ4n) is 2.11. The molecule has 0 aliphatic rings. The molecule has 0 aliphatic heterocycles. The summed E-state index contributed by atoms with van der Waals surface area (Å²) in [6.07, 6.45) is 6.01. The number of benzene rings is 2. The Hall–Kier alpha value is -2.35. The summed E-state index contributed by atoms with van der Waals surface area (Å²) in [6.45, 7) is 5.84. The van der Waals surface area contributed by atoms with E-state index in [1.54, 1.807) is 0 Å². The number of hydrogen-bond donors (Lipinski definition) is 0. The second kappa shape index (κ2) is 6.71. The van der Waals surface area contributed by atoms with Gasteiger partial charge in [-0.3, -0.25) is 0 Å². The van der Waals surface area contributed by atoms with Crippen LogP contribution in [0.1, 0.15) is 17.5 Å².